The maximum Gasteiger partial charge on any atom is 0.326 e. The van der Waals surface area contributed by atoms with Crippen LogP contribution in [0.1, 0.15) is 59.3 Å². The number of amides is 1. The maximum absolute atomic E-state index is 13.3. The number of benzene rings is 3. The molecule has 5 rings (SSSR count). The van der Waals surface area contributed by atoms with E-state index in [1.54, 1.807) is 13.8 Å². The molecule has 1 saturated heterocycles. The molecule has 46 heavy (non-hydrogen) atoms. The van der Waals surface area contributed by atoms with Crippen molar-refractivity contribution in [2.24, 2.45) is 5.92 Å². The van der Waals surface area contributed by atoms with E-state index in [4.69, 9.17) is 21.3 Å². The summed E-state index contributed by atoms with van der Waals surface area (Å²) in [6, 6.07) is 22.4. The number of aliphatic hydroxyl groups excluding tert-OH is 1. The average Bonchev–Trinajstić information content (AvgIpc) is 3.07. The number of nitrogens with one attached hydrogen (secondary N) is 1. The van der Waals surface area contributed by atoms with Crippen LogP contribution in [0.3, 0.4) is 0 Å². The maximum atomic E-state index is 13.3. The summed E-state index contributed by atoms with van der Waals surface area (Å²) in [7, 11) is 0. The lowest BCUT2D eigenvalue weighted by molar-refractivity contribution is -0.139. The molecule has 0 radical (unpaired) electrons. The quantitative estimate of drug-likeness (QED) is 0.166. The van der Waals surface area contributed by atoms with Gasteiger partial charge in [0.1, 0.15) is 18.5 Å². The van der Waals surface area contributed by atoms with Crippen molar-refractivity contribution in [1.29, 1.82) is 0 Å². The summed E-state index contributed by atoms with van der Waals surface area (Å²) in [6.45, 7) is 5.40. The van der Waals surface area contributed by atoms with Crippen molar-refractivity contribution in [2.45, 2.75) is 58.8 Å². The fraction of sp³-hybridized carbons (Fsp3) is 0.333. The number of aliphatic carboxylic acids is 1. The highest BCUT2D eigenvalue weighted by Gasteiger charge is 2.27. The van der Waals surface area contributed by atoms with Crippen molar-refractivity contribution < 1.29 is 24.5 Å². The van der Waals surface area contributed by atoms with E-state index in [-0.39, 0.29) is 31.1 Å². The number of ether oxygens (including phenoxy) is 1. The van der Waals surface area contributed by atoms with Gasteiger partial charge in [0.2, 0.25) is 0 Å². The van der Waals surface area contributed by atoms with E-state index in [0.717, 1.165) is 53.9 Å². The van der Waals surface area contributed by atoms with Gasteiger partial charge in [-0.3, -0.25) is 4.79 Å². The molecule has 1 unspecified atom stereocenters. The minimum absolute atomic E-state index is 0.00574. The van der Waals surface area contributed by atoms with Gasteiger partial charge in [0, 0.05) is 30.8 Å². The molecule has 1 aliphatic heterocycles. The van der Waals surface area contributed by atoms with Crippen molar-refractivity contribution >= 4 is 29.2 Å². The van der Waals surface area contributed by atoms with Crippen LogP contribution in [0.4, 0.5) is 5.69 Å². The lowest BCUT2D eigenvalue weighted by atomic mass is 9.92. The zero-order valence-corrected chi connectivity index (χ0v) is 26.8. The van der Waals surface area contributed by atoms with Crippen LogP contribution >= 0.6 is 11.6 Å². The second-order valence-electron chi connectivity index (χ2n) is 11.6. The van der Waals surface area contributed by atoms with Gasteiger partial charge in [-0.1, -0.05) is 79.2 Å². The molecule has 1 atom stereocenters. The highest BCUT2D eigenvalue weighted by Crippen LogP contribution is 2.34. The molecule has 0 aliphatic carbocycles. The molecule has 2 heterocycles. The molecule has 0 spiro atoms. The largest absolute Gasteiger partial charge is 0.485 e. The third-order valence-corrected chi connectivity index (χ3v) is 8.70. The first-order valence-electron chi connectivity index (χ1n) is 15.6. The van der Waals surface area contributed by atoms with Gasteiger partial charge >= 0.3 is 5.97 Å². The third kappa shape index (κ3) is 8.02. The van der Waals surface area contributed by atoms with E-state index < -0.39 is 17.9 Å². The Hall–Kier alpha value is -4.47. The average molecular weight is 643 g/mol. The molecule has 3 N–H and O–H groups in total. The summed E-state index contributed by atoms with van der Waals surface area (Å²) in [5, 5.41) is 22.1. The van der Waals surface area contributed by atoms with Crippen molar-refractivity contribution in [3.63, 3.8) is 0 Å². The molecule has 240 valence electrons. The number of rotatable bonds is 12. The van der Waals surface area contributed by atoms with Gasteiger partial charge in [-0.2, -0.15) is 0 Å². The van der Waals surface area contributed by atoms with Gasteiger partial charge in [-0.25, -0.2) is 14.8 Å². The number of hydrogen-bond donors (Lipinski definition) is 3. The summed E-state index contributed by atoms with van der Waals surface area (Å²) in [5.41, 5.74) is 5.38. The van der Waals surface area contributed by atoms with Crippen LogP contribution in [-0.4, -0.2) is 51.2 Å². The zero-order chi connectivity index (χ0) is 32.6. The summed E-state index contributed by atoms with van der Waals surface area (Å²) < 4.78 is 6.05. The number of carboxylic acids is 1. The molecule has 9 nitrogen and oxygen atoms in total. The first-order valence-corrected chi connectivity index (χ1v) is 16.0. The van der Waals surface area contributed by atoms with Crippen LogP contribution in [0, 0.1) is 12.8 Å². The van der Waals surface area contributed by atoms with Gasteiger partial charge in [-0.15, -0.1) is 0 Å². The highest BCUT2D eigenvalue weighted by atomic mass is 35.5. The Balaban J connectivity index is 1.27. The number of aryl methyl sites for hydroxylation is 1. The van der Waals surface area contributed by atoms with Gasteiger partial charge < -0.3 is 25.2 Å². The highest BCUT2D eigenvalue weighted by molar-refractivity contribution is 6.33. The Morgan fingerprint density at radius 1 is 1.02 bits per heavy atom. The van der Waals surface area contributed by atoms with Gasteiger partial charge in [-0.05, 0) is 60.9 Å². The molecule has 1 aromatic heterocycles. The lowest BCUT2D eigenvalue weighted by Crippen LogP contribution is -2.41. The van der Waals surface area contributed by atoms with E-state index >= 15 is 0 Å². The van der Waals surface area contributed by atoms with Crippen LogP contribution < -0.4 is 15.0 Å². The Kier molecular flexibility index (Phi) is 10.9. The van der Waals surface area contributed by atoms with E-state index in [9.17, 15) is 19.8 Å². The number of aromatic nitrogens is 2. The molecular weight excluding hydrogens is 604 g/mol. The Morgan fingerprint density at radius 3 is 2.37 bits per heavy atom. The molecule has 0 bridgehead atoms. The molecular formula is C36H39ClN4O5. The summed E-state index contributed by atoms with van der Waals surface area (Å²) in [4.78, 5) is 36.7. The monoisotopic (exact) mass is 642 g/mol. The number of hydrogen-bond acceptors (Lipinski definition) is 7. The second kappa shape index (κ2) is 15.2. The van der Waals surface area contributed by atoms with Crippen LogP contribution in [0.15, 0.2) is 72.8 Å². The van der Waals surface area contributed by atoms with Crippen LogP contribution in [-0.2, 0) is 24.4 Å². The van der Waals surface area contributed by atoms with Crippen molar-refractivity contribution in [3.8, 4) is 16.9 Å². The van der Waals surface area contributed by atoms with Gasteiger partial charge in [0.05, 0.1) is 17.3 Å². The minimum Gasteiger partial charge on any atom is -0.485 e. The van der Waals surface area contributed by atoms with Crippen molar-refractivity contribution in [1.82, 2.24) is 15.3 Å². The first kappa shape index (κ1) is 32.9. The molecule has 3 aromatic carbocycles. The first-order chi connectivity index (χ1) is 22.2. The number of carboxylic acid groups (broad SMARTS) is 1. The van der Waals surface area contributed by atoms with E-state index in [1.807, 2.05) is 66.7 Å². The van der Waals surface area contributed by atoms with Crippen molar-refractivity contribution in [3.05, 3.63) is 106 Å². The smallest absolute Gasteiger partial charge is 0.326 e. The summed E-state index contributed by atoms with van der Waals surface area (Å²) in [6.07, 6.45) is 2.65. The number of carbonyl (C=O) groups is 2. The fourth-order valence-electron chi connectivity index (χ4n) is 5.71. The zero-order valence-electron chi connectivity index (χ0n) is 26.1. The van der Waals surface area contributed by atoms with E-state index in [0.29, 0.717) is 28.9 Å². The predicted octanol–water partition coefficient (Wildman–Crippen LogP) is 6.23. The normalized spacial score (nSPS) is 14.1. The molecule has 1 amide bonds. The SMILES string of the molecule is CCC(NC(=O)c1nc(CC2CCN(c3ccc(-c4ccc(CO)cc4)c(Cl)c3)CC2)nc(C)c1OCc1ccccc1)C(=O)O. The van der Waals surface area contributed by atoms with Gasteiger partial charge in [0.25, 0.3) is 5.91 Å². The Labute approximate surface area is 274 Å². The van der Waals surface area contributed by atoms with E-state index in [2.05, 4.69) is 21.3 Å². The standard InChI is InChI=1S/C36H39ClN4O5/c1-3-31(36(44)45)39-35(43)33-34(46-22-26-7-5-4-6-8-26)23(2)38-32(40-33)19-24-15-17-41(18-16-24)28-13-14-29(30(37)20-28)27-11-9-25(21-42)10-12-27/h4-14,20,24,31,42H,3,15-19,21-22H2,1-2H3,(H,39,43)(H,44,45). The predicted molar refractivity (Wildman–Crippen MR) is 178 cm³/mol. The van der Waals surface area contributed by atoms with Gasteiger partial charge in [0.15, 0.2) is 11.4 Å². The van der Waals surface area contributed by atoms with Crippen LogP contribution in [0.25, 0.3) is 11.1 Å². The topological polar surface area (TPSA) is 125 Å². The molecule has 1 aliphatic rings. The number of piperidine rings is 1. The number of aliphatic hydroxyl groups is 1. The van der Waals surface area contributed by atoms with Crippen LogP contribution in [0.5, 0.6) is 5.75 Å². The van der Waals surface area contributed by atoms with Crippen LogP contribution in [0.2, 0.25) is 5.02 Å². The molecule has 4 aromatic rings. The Bertz CT molecular complexity index is 1660. The van der Waals surface area contributed by atoms with E-state index in [1.165, 1.54) is 0 Å². The minimum atomic E-state index is -1.10. The molecule has 0 saturated carbocycles. The molecule has 1 fully saturated rings. The number of halogens is 1. The molecule has 10 heteroatoms. The number of nitrogens with zero attached hydrogens (tertiary/aromatic N) is 3. The summed E-state index contributed by atoms with van der Waals surface area (Å²) >= 11 is 6.71. The lowest BCUT2D eigenvalue weighted by Gasteiger charge is -2.33. The summed E-state index contributed by atoms with van der Waals surface area (Å²) in [5.74, 6) is -0.595. The number of carbonyl (C=O) groups excluding carboxylic acids is 1. The second-order valence-corrected chi connectivity index (χ2v) is 12.0. The Morgan fingerprint density at radius 2 is 1.74 bits per heavy atom. The number of anilines is 1. The fourth-order valence-corrected chi connectivity index (χ4v) is 6.00. The third-order valence-electron chi connectivity index (χ3n) is 8.39. The van der Waals surface area contributed by atoms with Crippen molar-refractivity contribution in [2.75, 3.05) is 18.0 Å².